The van der Waals surface area contributed by atoms with E-state index in [0.29, 0.717) is 16.7 Å². The number of nitrogens with one attached hydrogen (secondary N) is 1. The van der Waals surface area contributed by atoms with Gasteiger partial charge in [-0.1, -0.05) is 23.4 Å². The summed E-state index contributed by atoms with van der Waals surface area (Å²) in [4.78, 5) is 16.3. The van der Waals surface area contributed by atoms with Crippen LogP contribution in [0.3, 0.4) is 0 Å². The Hall–Kier alpha value is -2.45. The Morgan fingerprint density at radius 1 is 1.27 bits per heavy atom. The zero-order valence-electron chi connectivity index (χ0n) is 14.0. The number of rotatable bonds is 5. The molecule has 1 amide bonds. The zero-order chi connectivity index (χ0) is 18.7. The zero-order valence-corrected chi connectivity index (χ0v) is 15.6. The molecule has 0 aliphatic carbocycles. The van der Waals surface area contributed by atoms with Crippen molar-refractivity contribution in [2.75, 3.05) is 5.32 Å². The molecule has 0 radical (unpaired) electrons. The molecule has 0 saturated heterocycles. The highest BCUT2D eigenvalue weighted by molar-refractivity contribution is 8.00. The van der Waals surface area contributed by atoms with Crippen LogP contribution in [0.4, 0.5) is 10.1 Å². The van der Waals surface area contributed by atoms with Crippen molar-refractivity contribution in [2.45, 2.75) is 17.3 Å². The minimum atomic E-state index is -0.533. The summed E-state index contributed by atoms with van der Waals surface area (Å²) in [6, 6.07) is 7.72. The van der Waals surface area contributed by atoms with E-state index >= 15 is 0 Å². The number of amides is 1. The van der Waals surface area contributed by atoms with E-state index in [4.69, 9.17) is 11.6 Å². The number of aromatic nitrogens is 4. The maximum Gasteiger partial charge on any atom is 0.237 e. The van der Waals surface area contributed by atoms with E-state index in [2.05, 4.69) is 20.5 Å². The van der Waals surface area contributed by atoms with Crippen LogP contribution < -0.4 is 5.32 Å². The first-order chi connectivity index (χ1) is 12.5. The monoisotopic (exact) mass is 391 g/mol. The topological polar surface area (TPSA) is 72.7 Å². The molecular weight excluding hydrogens is 377 g/mol. The minimum absolute atomic E-state index is 0.0431. The van der Waals surface area contributed by atoms with Crippen LogP contribution in [0.1, 0.15) is 6.92 Å². The van der Waals surface area contributed by atoms with Crippen LogP contribution in [0, 0.1) is 5.82 Å². The highest BCUT2D eigenvalue weighted by Crippen LogP contribution is 2.26. The fourth-order valence-corrected chi connectivity index (χ4v) is 3.19. The number of thioether (sulfide) groups is 1. The average Bonchev–Trinajstić information content (AvgIpc) is 2.99. The van der Waals surface area contributed by atoms with Gasteiger partial charge in [0.05, 0.1) is 10.3 Å². The molecule has 1 aromatic carbocycles. The summed E-state index contributed by atoms with van der Waals surface area (Å²) in [5.41, 5.74) is 1.32. The number of benzene rings is 1. The fourth-order valence-electron chi connectivity index (χ4n) is 2.20. The lowest BCUT2D eigenvalue weighted by atomic mass is 10.2. The Balaban J connectivity index is 1.69. The van der Waals surface area contributed by atoms with Gasteiger partial charge in [-0.3, -0.25) is 9.78 Å². The minimum Gasteiger partial charge on any atom is -0.325 e. The van der Waals surface area contributed by atoms with Gasteiger partial charge in [0.1, 0.15) is 5.82 Å². The lowest BCUT2D eigenvalue weighted by Crippen LogP contribution is -2.22. The van der Waals surface area contributed by atoms with Crippen molar-refractivity contribution in [1.82, 2.24) is 19.7 Å². The van der Waals surface area contributed by atoms with Crippen molar-refractivity contribution in [3.8, 4) is 11.4 Å². The normalized spacial score (nSPS) is 12.0. The molecule has 1 N–H and O–H groups in total. The third kappa shape index (κ3) is 4.03. The van der Waals surface area contributed by atoms with Crippen molar-refractivity contribution < 1.29 is 9.18 Å². The molecule has 1 atom stereocenters. The van der Waals surface area contributed by atoms with E-state index in [9.17, 15) is 9.18 Å². The van der Waals surface area contributed by atoms with Gasteiger partial charge in [-0.2, -0.15) is 0 Å². The molecule has 26 heavy (non-hydrogen) atoms. The van der Waals surface area contributed by atoms with E-state index < -0.39 is 11.1 Å². The number of carbonyl (C=O) groups is 1. The molecule has 3 rings (SSSR count). The van der Waals surface area contributed by atoms with E-state index in [1.165, 1.54) is 30.0 Å². The molecule has 0 aliphatic heterocycles. The van der Waals surface area contributed by atoms with Crippen molar-refractivity contribution in [3.63, 3.8) is 0 Å². The van der Waals surface area contributed by atoms with Crippen LogP contribution in [0.25, 0.3) is 11.4 Å². The van der Waals surface area contributed by atoms with Crippen LogP contribution in [0.2, 0.25) is 5.02 Å². The molecule has 6 nitrogen and oxygen atoms in total. The maximum atomic E-state index is 13.2. The predicted molar refractivity (Wildman–Crippen MR) is 99.6 cm³/mol. The first kappa shape index (κ1) is 18.3. The van der Waals surface area contributed by atoms with Gasteiger partial charge < -0.3 is 9.88 Å². The fraction of sp³-hybridized carbons (Fsp3) is 0.176. The highest BCUT2D eigenvalue weighted by Gasteiger charge is 2.19. The molecule has 0 saturated carbocycles. The molecule has 0 aliphatic rings. The van der Waals surface area contributed by atoms with Gasteiger partial charge in [0.2, 0.25) is 5.91 Å². The summed E-state index contributed by atoms with van der Waals surface area (Å²) >= 11 is 7.01. The van der Waals surface area contributed by atoms with E-state index in [1.807, 2.05) is 23.7 Å². The molecule has 0 fully saturated rings. The van der Waals surface area contributed by atoms with E-state index in [-0.39, 0.29) is 10.9 Å². The summed E-state index contributed by atoms with van der Waals surface area (Å²) < 4.78 is 15.0. The van der Waals surface area contributed by atoms with Crippen LogP contribution in [0.5, 0.6) is 0 Å². The van der Waals surface area contributed by atoms with Gasteiger partial charge >= 0.3 is 0 Å². The Morgan fingerprint density at radius 2 is 2.00 bits per heavy atom. The summed E-state index contributed by atoms with van der Waals surface area (Å²) in [6.07, 6.45) is 3.36. The Labute approximate surface area is 158 Å². The molecule has 2 heterocycles. The number of halogens is 2. The number of hydrogen-bond acceptors (Lipinski definition) is 5. The Bertz CT molecular complexity index is 934. The Morgan fingerprint density at radius 3 is 2.69 bits per heavy atom. The van der Waals surface area contributed by atoms with Crippen molar-refractivity contribution in [2.24, 2.45) is 7.05 Å². The number of nitrogens with zero attached hydrogens (tertiary/aromatic N) is 4. The average molecular weight is 392 g/mol. The van der Waals surface area contributed by atoms with Gasteiger partial charge in [0.15, 0.2) is 11.0 Å². The van der Waals surface area contributed by atoms with Crippen LogP contribution in [0.15, 0.2) is 47.9 Å². The lowest BCUT2D eigenvalue weighted by molar-refractivity contribution is -0.115. The van der Waals surface area contributed by atoms with Crippen LogP contribution in [-0.2, 0) is 11.8 Å². The number of anilines is 1. The van der Waals surface area contributed by atoms with Gasteiger partial charge in [0, 0.05) is 30.7 Å². The van der Waals surface area contributed by atoms with Gasteiger partial charge in [0.25, 0.3) is 0 Å². The quantitative estimate of drug-likeness (QED) is 0.670. The van der Waals surface area contributed by atoms with Gasteiger partial charge in [-0.15, -0.1) is 10.2 Å². The van der Waals surface area contributed by atoms with Crippen molar-refractivity contribution in [1.29, 1.82) is 0 Å². The largest absolute Gasteiger partial charge is 0.325 e. The van der Waals surface area contributed by atoms with Crippen LogP contribution >= 0.6 is 23.4 Å². The lowest BCUT2D eigenvalue weighted by Gasteiger charge is -2.12. The van der Waals surface area contributed by atoms with Crippen LogP contribution in [-0.4, -0.2) is 30.9 Å². The van der Waals surface area contributed by atoms with E-state index in [1.54, 1.807) is 19.3 Å². The Kier molecular flexibility index (Phi) is 5.53. The molecule has 2 aromatic heterocycles. The molecule has 134 valence electrons. The molecule has 1 unspecified atom stereocenters. The summed E-state index contributed by atoms with van der Waals surface area (Å²) in [5.74, 6) is -0.0891. The number of carbonyl (C=O) groups excluding carboxylic acids is 1. The third-order valence-corrected chi connectivity index (χ3v) is 5.04. The molecular formula is C17H15ClFN5OS. The highest BCUT2D eigenvalue weighted by atomic mass is 35.5. The number of pyridine rings is 1. The second-order valence-electron chi connectivity index (χ2n) is 5.48. The summed E-state index contributed by atoms with van der Waals surface area (Å²) in [7, 11) is 1.84. The summed E-state index contributed by atoms with van der Waals surface area (Å²) in [6.45, 7) is 1.76. The number of hydrogen-bond donors (Lipinski definition) is 1. The molecule has 9 heteroatoms. The van der Waals surface area contributed by atoms with Crippen molar-refractivity contribution in [3.05, 3.63) is 53.6 Å². The first-order valence-electron chi connectivity index (χ1n) is 7.68. The third-order valence-electron chi connectivity index (χ3n) is 3.61. The molecule has 0 bridgehead atoms. The predicted octanol–water partition coefficient (Wildman–Crippen LogP) is 3.79. The second-order valence-corrected chi connectivity index (χ2v) is 7.19. The van der Waals surface area contributed by atoms with Gasteiger partial charge in [-0.25, -0.2) is 4.39 Å². The second kappa shape index (κ2) is 7.84. The summed E-state index contributed by atoms with van der Waals surface area (Å²) in [5, 5.41) is 11.2. The SMILES string of the molecule is CC(Sc1nnc(-c2ccncc2)n1C)C(=O)Nc1ccc(F)c(Cl)c1. The first-order valence-corrected chi connectivity index (χ1v) is 8.94. The van der Waals surface area contributed by atoms with E-state index in [0.717, 1.165) is 5.56 Å². The van der Waals surface area contributed by atoms with Gasteiger partial charge in [-0.05, 0) is 37.3 Å². The smallest absolute Gasteiger partial charge is 0.237 e. The van der Waals surface area contributed by atoms with Crippen molar-refractivity contribution >= 4 is 35.0 Å². The molecule has 3 aromatic rings. The molecule has 0 spiro atoms. The standard InChI is InChI=1S/C17H15ClFN5OS/c1-10(16(25)21-12-3-4-14(19)13(18)9-12)26-17-23-22-15(24(17)2)11-5-7-20-8-6-11/h3-10H,1-2H3,(H,21,25). The maximum absolute atomic E-state index is 13.2.